The Labute approximate surface area is 115 Å². The molecule has 1 aromatic rings. The summed E-state index contributed by atoms with van der Waals surface area (Å²) in [6.07, 6.45) is -0.939. The van der Waals surface area contributed by atoms with Crippen molar-refractivity contribution in [3.8, 4) is 0 Å². The van der Waals surface area contributed by atoms with Gasteiger partial charge in [-0.15, -0.1) is 0 Å². The van der Waals surface area contributed by atoms with Crippen molar-refractivity contribution in [2.75, 3.05) is 6.54 Å². The van der Waals surface area contributed by atoms with E-state index in [2.05, 4.69) is 0 Å². The first-order chi connectivity index (χ1) is 9.50. The minimum absolute atomic E-state index is 0.0264. The van der Waals surface area contributed by atoms with E-state index in [4.69, 9.17) is 5.11 Å². The lowest BCUT2D eigenvalue weighted by atomic mass is 10.0. The lowest BCUT2D eigenvalue weighted by molar-refractivity contribution is 0.00684. The lowest BCUT2D eigenvalue weighted by Gasteiger charge is -2.35. The number of alkyl halides is 2. The minimum Gasteiger partial charge on any atom is -0.478 e. The topological polar surface area (TPSA) is 57.6 Å². The van der Waals surface area contributed by atoms with Gasteiger partial charge in [-0.3, -0.25) is 4.79 Å². The van der Waals surface area contributed by atoms with Crippen LogP contribution in [0.2, 0.25) is 0 Å². The van der Waals surface area contributed by atoms with E-state index < -0.39 is 24.3 Å². The quantitative estimate of drug-likeness (QED) is 0.927. The zero-order valence-corrected chi connectivity index (χ0v) is 10.8. The van der Waals surface area contributed by atoms with Crippen molar-refractivity contribution in [1.82, 2.24) is 4.90 Å². The number of likely N-dealkylation sites (tertiary alicyclic amines) is 1. The van der Waals surface area contributed by atoms with Gasteiger partial charge in [0.15, 0.2) is 0 Å². The number of aromatic carboxylic acids is 1. The summed E-state index contributed by atoms with van der Waals surface area (Å²) >= 11 is 0. The molecule has 1 aliphatic rings. The van der Waals surface area contributed by atoms with E-state index in [1.807, 2.05) is 0 Å². The first kappa shape index (κ1) is 14.4. The lowest BCUT2D eigenvalue weighted by Crippen LogP contribution is -2.47. The third kappa shape index (κ3) is 2.95. The molecular formula is C14H15F2NO3. The summed E-state index contributed by atoms with van der Waals surface area (Å²) in [4.78, 5) is 24.3. The van der Waals surface area contributed by atoms with Crippen LogP contribution < -0.4 is 0 Å². The highest BCUT2D eigenvalue weighted by atomic mass is 19.3. The molecule has 20 heavy (non-hydrogen) atoms. The maximum absolute atomic E-state index is 13.0. The fraction of sp³-hybridized carbons (Fsp3) is 0.429. The number of rotatable bonds is 3. The molecule has 1 atom stereocenters. The number of hydrogen-bond acceptors (Lipinski definition) is 2. The van der Waals surface area contributed by atoms with Gasteiger partial charge in [0.1, 0.15) is 0 Å². The SMILES string of the molecule is O=C(O)c1cccc(C(=O)N2CCCCC2C(F)F)c1. The Morgan fingerprint density at radius 2 is 1.95 bits per heavy atom. The maximum atomic E-state index is 13.0. The molecule has 0 spiro atoms. The number of carbonyl (C=O) groups is 2. The number of carboxylic acids is 1. The largest absolute Gasteiger partial charge is 0.478 e. The van der Waals surface area contributed by atoms with Crippen LogP contribution in [0.1, 0.15) is 40.0 Å². The van der Waals surface area contributed by atoms with Crippen LogP contribution in [0.3, 0.4) is 0 Å². The van der Waals surface area contributed by atoms with E-state index in [-0.39, 0.29) is 24.1 Å². The normalized spacial score (nSPS) is 19.1. The molecular weight excluding hydrogens is 268 g/mol. The Kier molecular flexibility index (Phi) is 4.32. The molecule has 2 rings (SSSR count). The molecule has 1 aromatic carbocycles. The van der Waals surface area contributed by atoms with E-state index in [1.165, 1.54) is 24.3 Å². The van der Waals surface area contributed by atoms with Gasteiger partial charge < -0.3 is 10.0 Å². The zero-order chi connectivity index (χ0) is 14.7. The van der Waals surface area contributed by atoms with Gasteiger partial charge in [-0.05, 0) is 37.5 Å². The highest BCUT2D eigenvalue weighted by Crippen LogP contribution is 2.24. The van der Waals surface area contributed by atoms with Gasteiger partial charge in [0.25, 0.3) is 12.3 Å². The molecule has 0 radical (unpaired) electrons. The fourth-order valence-electron chi connectivity index (χ4n) is 2.42. The van der Waals surface area contributed by atoms with E-state index in [1.54, 1.807) is 0 Å². The van der Waals surface area contributed by atoms with Crippen LogP contribution in [-0.2, 0) is 0 Å². The van der Waals surface area contributed by atoms with Gasteiger partial charge in [-0.2, -0.15) is 0 Å². The number of piperidine rings is 1. The van der Waals surface area contributed by atoms with Crippen molar-refractivity contribution >= 4 is 11.9 Å². The van der Waals surface area contributed by atoms with Crippen molar-refractivity contribution in [3.63, 3.8) is 0 Å². The number of hydrogen-bond donors (Lipinski definition) is 1. The Morgan fingerprint density at radius 1 is 1.25 bits per heavy atom. The van der Waals surface area contributed by atoms with E-state index >= 15 is 0 Å². The number of halogens is 2. The molecule has 6 heteroatoms. The van der Waals surface area contributed by atoms with Gasteiger partial charge in [0.05, 0.1) is 11.6 Å². The molecule has 0 aromatic heterocycles. The van der Waals surface area contributed by atoms with Crippen molar-refractivity contribution < 1.29 is 23.5 Å². The Bertz CT molecular complexity index is 519. The van der Waals surface area contributed by atoms with E-state index in [0.29, 0.717) is 12.8 Å². The number of nitrogens with zero attached hydrogens (tertiary/aromatic N) is 1. The highest BCUT2D eigenvalue weighted by Gasteiger charge is 2.33. The van der Waals surface area contributed by atoms with Crippen LogP contribution >= 0.6 is 0 Å². The molecule has 1 aliphatic heterocycles. The molecule has 0 saturated carbocycles. The highest BCUT2D eigenvalue weighted by molar-refractivity contribution is 5.97. The second-order valence-corrected chi connectivity index (χ2v) is 4.78. The Morgan fingerprint density at radius 3 is 2.60 bits per heavy atom. The molecule has 1 amide bonds. The van der Waals surface area contributed by atoms with Gasteiger partial charge in [0, 0.05) is 12.1 Å². The van der Waals surface area contributed by atoms with Crippen molar-refractivity contribution in [2.45, 2.75) is 31.7 Å². The molecule has 108 valence electrons. The third-order valence-corrected chi connectivity index (χ3v) is 3.46. The summed E-state index contributed by atoms with van der Waals surface area (Å²) in [7, 11) is 0. The molecule has 1 saturated heterocycles. The van der Waals surface area contributed by atoms with Crippen LogP contribution in [-0.4, -0.2) is 40.9 Å². The second kappa shape index (κ2) is 5.98. The molecule has 0 aliphatic carbocycles. The van der Waals surface area contributed by atoms with Gasteiger partial charge in [0.2, 0.25) is 0 Å². The molecule has 1 unspecified atom stereocenters. The third-order valence-electron chi connectivity index (χ3n) is 3.46. The van der Waals surface area contributed by atoms with Crippen LogP contribution in [0.15, 0.2) is 24.3 Å². The number of carboxylic acid groups (broad SMARTS) is 1. The van der Waals surface area contributed by atoms with Crippen LogP contribution in [0.4, 0.5) is 8.78 Å². The van der Waals surface area contributed by atoms with E-state index in [0.717, 1.165) is 4.90 Å². The number of carbonyl (C=O) groups excluding carboxylic acids is 1. The first-order valence-electron chi connectivity index (χ1n) is 6.43. The average molecular weight is 283 g/mol. The summed E-state index contributed by atoms with van der Waals surface area (Å²) in [6, 6.07) is 4.40. The molecule has 4 nitrogen and oxygen atoms in total. The Hall–Kier alpha value is -1.98. The van der Waals surface area contributed by atoms with Crippen LogP contribution in [0.5, 0.6) is 0 Å². The van der Waals surface area contributed by atoms with Crippen LogP contribution in [0, 0.1) is 0 Å². The van der Waals surface area contributed by atoms with Crippen molar-refractivity contribution in [2.24, 2.45) is 0 Å². The number of benzene rings is 1. The fourth-order valence-corrected chi connectivity index (χ4v) is 2.42. The minimum atomic E-state index is -2.58. The van der Waals surface area contributed by atoms with Crippen molar-refractivity contribution in [1.29, 1.82) is 0 Å². The predicted molar refractivity (Wildman–Crippen MR) is 68.1 cm³/mol. The molecule has 1 heterocycles. The smallest absolute Gasteiger partial charge is 0.335 e. The second-order valence-electron chi connectivity index (χ2n) is 4.78. The zero-order valence-electron chi connectivity index (χ0n) is 10.8. The van der Waals surface area contributed by atoms with E-state index in [9.17, 15) is 18.4 Å². The predicted octanol–water partition coefficient (Wildman–Crippen LogP) is 2.64. The summed E-state index contributed by atoms with van der Waals surface area (Å²) in [6.45, 7) is 0.283. The molecule has 0 bridgehead atoms. The van der Waals surface area contributed by atoms with Gasteiger partial charge in [-0.1, -0.05) is 6.07 Å². The van der Waals surface area contributed by atoms with Crippen molar-refractivity contribution in [3.05, 3.63) is 35.4 Å². The standard InChI is InChI=1S/C14H15F2NO3/c15-12(16)11-6-1-2-7-17(11)13(18)9-4-3-5-10(8-9)14(19)20/h3-5,8,11-12H,1-2,6-7H2,(H,19,20). The first-order valence-corrected chi connectivity index (χ1v) is 6.43. The monoisotopic (exact) mass is 283 g/mol. The van der Waals surface area contributed by atoms with Crippen LogP contribution in [0.25, 0.3) is 0 Å². The Balaban J connectivity index is 2.25. The summed E-state index contributed by atoms with van der Waals surface area (Å²) in [5.74, 6) is -1.68. The summed E-state index contributed by atoms with van der Waals surface area (Å²) in [5, 5.41) is 8.90. The molecule has 1 fully saturated rings. The summed E-state index contributed by atoms with van der Waals surface area (Å²) < 4.78 is 25.9. The average Bonchev–Trinajstić information content (AvgIpc) is 2.46. The molecule has 1 N–H and O–H groups in total. The summed E-state index contributed by atoms with van der Waals surface area (Å²) in [5.41, 5.74) is 0.110. The maximum Gasteiger partial charge on any atom is 0.335 e. The van der Waals surface area contributed by atoms with Gasteiger partial charge in [-0.25, -0.2) is 13.6 Å². The number of amides is 1. The van der Waals surface area contributed by atoms with Gasteiger partial charge >= 0.3 is 5.97 Å².